The van der Waals surface area contributed by atoms with Crippen molar-refractivity contribution in [2.75, 3.05) is 26.8 Å². The Morgan fingerprint density at radius 3 is 3.25 bits per heavy atom. The van der Waals surface area contributed by atoms with Gasteiger partial charge >= 0.3 is 0 Å². The van der Waals surface area contributed by atoms with E-state index < -0.39 is 0 Å². The number of benzene rings is 1. The second-order valence-corrected chi connectivity index (χ2v) is 5.36. The van der Waals surface area contributed by atoms with Gasteiger partial charge in [0.05, 0.1) is 5.92 Å². The smallest absolute Gasteiger partial charge is 0.248 e. The normalized spacial score (nSPS) is 18.9. The molecule has 6 heteroatoms. The van der Waals surface area contributed by atoms with Gasteiger partial charge in [0, 0.05) is 25.2 Å². The van der Waals surface area contributed by atoms with E-state index in [1.165, 1.54) is 7.11 Å². The van der Waals surface area contributed by atoms with Gasteiger partial charge in [-0.05, 0) is 24.6 Å². The van der Waals surface area contributed by atoms with E-state index in [1.807, 2.05) is 6.07 Å². The first kappa shape index (κ1) is 13.4. The summed E-state index contributed by atoms with van der Waals surface area (Å²) in [5, 5.41) is 0.640. The van der Waals surface area contributed by atoms with E-state index in [9.17, 15) is 4.79 Å². The highest BCUT2D eigenvalue weighted by atomic mass is 35.5. The van der Waals surface area contributed by atoms with Crippen molar-refractivity contribution >= 4 is 28.6 Å². The highest BCUT2D eigenvalue weighted by Crippen LogP contribution is 2.30. The van der Waals surface area contributed by atoms with Gasteiger partial charge in [-0.15, -0.1) is 0 Å². The summed E-state index contributed by atoms with van der Waals surface area (Å²) in [5.74, 6) is 0.825. The summed E-state index contributed by atoms with van der Waals surface area (Å²) in [7, 11) is 1.52. The molecule has 0 aliphatic carbocycles. The Morgan fingerprint density at radius 1 is 1.60 bits per heavy atom. The van der Waals surface area contributed by atoms with Gasteiger partial charge in [0.2, 0.25) is 5.91 Å². The van der Waals surface area contributed by atoms with Crippen molar-refractivity contribution in [2.24, 2.45) is 0 Å². The number of likely N-dealkylation sites (tertiary alicyclic amines) is 1. The number of nitrogens with zero attached hydrogens (tertiary/aromatic N) is 2. The molecule has 1 amide bonds. The molecule has 1 aromatic heterocycles. The molecule has 3 rings (SSSR count). The van der Waals surface area contributed by atoms with Gasteiger partial charge in [-0.2, -0.15) is 0 Å². The molecule has 0 bridgehead atoms. The van der Waals surface area contributed by atoms with Crippen LogP contribution in [0.5, 0.6) is 0 Å². The minimum atomic E-state index is 0.00848. The number of fused-ring (bicyclic) bond motifs is 1. The molecule has 1 aromatic carbocycles. The lowest BCUT2D eigenvalue weighted by atomic mass is 10.1. The summed E-state index contributed by atoms with van der Waals surface area (Å²) < 4.78 is 10.6. The molecule has 1 fully saturated rings. The zero-order chi connectivity index (χ0) is 14.1. The molecule has 0 spiro atoms. The average Bonchev–Trinajstić information content (AvgIpc) is 3.04. The topological polar surface area (TPSA) is 55.6 Å². The number of ether oxygens (including phenoxy) is 1. The predicted octanol–water partition coefficient (Wildman–Crippen LogP) is 2.44. The van der Waals surface area contributed by atoms with Crippen molar-refractivity contribution in [2.45, 2.75) is 12.3 Å². The Labute approximate surface area is 121 Å². The van der Waals surface area contributed by atoms with Gasteiger partial charge in [0.25, 0.3) is 0 Å². The number of hydrogen-bond donors (Lipinski definition) is 0. The second-order valence-electron chi connectivity index (χ2n) is 4.92. The number of halogens is 1. The summed E-state index contributed by atoms with van der Waals surface area (Å²) >= 11 is 5.94. The molecule has 2 aromatic rings. The van der Waals surface area contributed by atoms with Crippen LogP contribution in [-0.2, 0) is 9.53 Å². The number of hydrogen-bond acceptors (Lipinski definition) is 4. The first-order valence-electron chi connectivity index (χ1n) is 6.50. The van der Waals surface area contributed by atoms with Crippen LogP contribution >= 0.6 is 11.6 Å². The third kappa shape index (κ3) is 2.51. The lowest BCUT2D eigenvalue weighted by Gasteiger charge is -2.14. The fourth-order valence-electron chi connectivity index (χ4n) is 2.50. The van der Waals surface area contributed by atoms with Crippen molar-refractivity contribution in [3.05, 3.63) is 29.1 Å². The van der Waals surface area contributed by atoms with Crippen LogP contribution in [0, 0.1) is 0 Å². The SMILES string of the molecule is COCC(=O)N1CC[C@H](c2nc3cc(Cl)ccc3o2)C1. The summed E-state index contributed by atoms with van der Waals surface area (Å²) in [6.45, 7) is 1.46. The molecular weight excluding hydrogens is 280 g/mol. The van der Waals surface area contributed by atoms with Gasteiger partial charge in [-0.1, -0.05) is 11.6 Å². The van der Waals surface area contributed by atoms with E-state index in [4.69, 9.17) is 20.8 Å². The molecule has 5 nitrogen and oxygen atoms in total. The maximum absolute atomic E-state index is 11.8. The third-order valence-corrected chi connectivity index (χ3v) is 3.76. The van der Waals surface area contributed by atoms with Crippen molar-refractivity contribution in [3.8, 4) is 0 Å². The number of amides is 1. The van der Waals surface area contributed by atoms with Crippen LogP contribution < -0.4 is 0 Å². The Morgan fingerprint density at radius 2 is 2.45 bits per heavy atom. The van der Waals surface area contributed by atoms with Crippen molar-refractivity contribution in [1.82, 2.24) is 9.88 Å². The fourth-order valence-corrected chi connectivity index (χ4v) is 2.66. The van der Waals surface area contributed by atoms with Crippen LogP contribution in [0.1, 0.15) is 18.2 Å². The Kier molecular flexibility index (Phi) is 3.63. The molecule has 0 saturated carbocycles. The predicted molar refractivity (Wildman–Crippen MR) is 74.8 cm³/mol. The van der Waals surface area contributed by atoms with Crippen molar-refractivity contribution < 1.29 is 13.9 Å². The highest BCUT2D eigenvalue weighted by molar-refractivity contribution is 6.31. The maximum Gasteiger partial charge on any atom is 0.248 e. The lowest BCUT2D eigenvalue weighted by Crippen LogP contribution is -2.31. The first-order valence-corrected chi connectivity index (χ1v) is 6.88. The van der Waals surface area contributed by atoms with E-state index in [2.05, 4.69) is 4.98 Å². The standard InChI is InChI=1S/C14H15ClN2O3/c1-19-8-13(18)17-5-4-9(7-17)14-16-11-6-10(15)2-3-12(11)20-14/h2-3,6,9H,4-5,7-8H2,1H3/t9-/m0/s1. The summed E-state index contributed by atoms with van der Waals surface area (Å²) in [5.41, 5.74) is 1.49. The summed E-state index contributed by atoms with van der Waals surface area (Å²) in [4.78, 5) is 18.0. The zero-order valence-electron chi connectivity index (χ0n) is 11.1. The summed E-state index contributed by atoms with van der Waals surface area (Å²) in [6, 6.07) is 5.38. The highest BCUT2D eigenvalue weighted by Gasteiger charge is 2.30. The third-order valence-electron chi connectivity index (χ3n) is 3.52. The maximum atomic E-state index is 11.8. The Hall–Kier alpha value is -1.59. The monoisotopic (exact) mass is 294 g/mol. The van der Waals surface area contributed by atoms with Crippen LogP contribution in [0.4, 0.5) is 0 Å². The van der Waals surface area contributed by atoms with Gasteiger partial charge in [-0.3, -0.25) is 4.79 Å². The molecule has 0 radical (unpaired) electrons. The number of carbonyl (C=O) groups is 1. The minimum Gasteiger partial charge on any atom is -0.440 e. The molecule has 0 unspecified atom stereocenters. The van der Waals surface area contributed by atoms with E-state index in [0.29, 0.717) is 24.0 Å². The van der Waals surface area contributed by atoms with Gasteiger partial charge in [-0.25, -0.2) is 4.98 Å². The van der Waals surface area contributed by atoms with Crippen LogP contribution in [0.15, 0.2) is 22.6 Å². The quantitative estimate of drug-likeness (QED) is 0.872. The first-order chi connectivity index (χ1) is 9.67. The molecule has 2 heterocycles. The molecule has 20 heavy (non-hydrogen) atoms. The average molecular weight is 295 g/mol. The van der Waals surface area contributed by atoms with E-state index in [-0.39, 0.29) is 18.4 Å². The van der Waals surface area contributed by atoms with E-state index in [0.717, 1.165) is 17.5 Å². The number of rotatable bonds is 3. The van der Waals surface area contributed by atoms with Crippen LogP contribution in [0.25, 0.3) is 11.1 Å². The largest absolute Gasteiger partial charge is 0.440 e. The van der Waals surface area contributed by atoms with E-state index >= 15 is 0 Å². The zero-order valence-corrected chi connectivity index (χ0v) is 11.9. The molecule has 1 aliphatic rings. The Balaban J connectivity index is 1.77. The van der Waals surface area contributed by atoms with Crippen molar-refractivity contribution in [1.29, 1.82) is 0 Å². The lowest BCUT2D eigenvalue weighted by molar-refractivity contribution is -0.134. The van der Waals surface area contributed by atoms with Crippen LogP contribution in [0.2, 0.25) is 5.02 Å². The molecule has 1 saturated heterocycles. The number of aromatic nitrogens is 1. The minimum absolute atomic E-state index is 0.00848. The number of methoxy groups -OCH3 is 1. The van der Waals surface area contributed by atoms with E-state index in [1.54, 1.807) is 17.0 Å². The second kappa shape index (κ2) is 5.42. The van der Waals surface area contributed by atoms with Gasteiger partial charge < -0.3 is 14.1 Å². The van der Waals surface area contributed by atoms with Gasteiger partial charge in [0.1, 0.15) is 12.1 Å². The van der Waals surface area contributed by atoms with Gasteiger partial charge in [0.15, 0.2) is 11.5 Å². The summed E-state index contributed by atoms with van der Waals surface area (Å²) in [6.07, 6.45) is 0.857. The molecule has 0 N–H and O–H groups in total. The van der Waals surface area contributed by atoms with Crippen LogP contribution in [0.3, 0.4) is 0 Å². The fraction of sp³-hybridized carbons (Fsp3) is 0.429. The number of oxazole rings is 1. The molecular formula is C14H15ClN2O3. The Bertz CT molecular complexity index is 640. The van der Waals surface area contributed by atoms with Crippen molar-refractivity contribution in [3.63, 3.8) is 0 Å². The number of carbonyl (C=O) groups excluding carboxylic acids is 1. The molecule has 1 aliphatic heterocycles. The molecule has 106 valence electrons. The molecule has 1 atom stereocenters. The van der Waals surface area contributed by atoms with Crippen LogP contribution in [-0.4, -0.2) is 42.6 Å².